The molecule has 0 saturated carbocycles. The standard InChI is InChI=1S/C20H19ClN4O5/c1-12-20(21)13(2)24(23-12)11-19(26)22-14-8-15(25(27)28)10-18(9-14)30-17-6-4-16(29-3)5-7-17/h4-10H,11H2,1-3H3,(H,22,26). The van der Waals surface area contributed by atoms with Gasteiger partial charge in [-0.05, 0) is 38.1 Å². The number of ether oxygens (including phenoxy) is 2. The number of anilines is 1. The third-order valence-electron chi connectivity index (χ3n) is 4.27. The first kappa shape index (κ1) is 21.1. The molecule has 9 nitrogen and oxygen atoms in total. The second-order valence-corrected chi connectivity index (χ2v) is 6.82. The van der Waals surface area contributed by atoms with Crippen molar-refractivity contribution < 1.29 is 19.2 Å². The first-order valence-corrected chi connectivity index (χ1v) is 9.25. The van der Waals surface area contributed by atoms with Crippen molar-refractivity contribution in [1.29, 1.82) is 0 Å². The molecule has 0 radical (unpaired) electrons. The number of nitrogens with one attached hydrogen (secondary N) is 1. The third-order valence-corrected chi connectivity index (χ3v) is 4.81. The summed E-state index contributed by atoms with van der Waals surface area (Å²) in [6.45, 7) is 3.41. The number of benzene rings is 2. The lowest BCUT2D eigenvalue weighted by atomic mass is 10.2. The molecule has 1 amide bonds. The van der Waals surface area contributed by atoms with Crippen molar-refractivity contribution in [2.45, 2.75) is 20.4 Å². The quantitative estimate of drug-likeness (QED) is 0.436. The summed E-state index contributed by atoms with van der Waals surface area (Å²) < 4.78 is 12.3. The van der Waals surface area contributed by atoms with Crippen LogP contribution < -0.4 is 14.8 Å². The van der Waals surface area contributed by atoms with E-state index in [1.165, 1.54) is 22.9 Å². The van der Waals surface area contributed by atoms with E-state index < -0.39 is 10.8 Å². The van der Waals surface area contributed by atoms with Crippen LogP contribution in [0.2, 0.25) is 5.02 Å². The Kier molecular flexibility index (Phi) is 6.22. The van der Waals surface area contributed by atoms with Crippen LogP contribution in [-0.4, -0.2) is 27.7 Å². The number of nitro benzene ring substituents is 1. The summed E-state index contributed by atoms with van der Waals surface area (Å²) in [4.78, 5) is 23.2. The molecule has 0 aliphatic carbocycles. The minimum absolute atomic E-state index is 0.0866. The van der Waals surface area contributed by atoms with Gasteiger partial charge in [0.15, 0.2) is 0 Å². The topological polar surface area (TPSA) is 109 Å². The number of aromatic nitrogens is 2. The van der Waals surface area contributed by atoms with E-state index in [1.54, 1.807) is 45.2 Å². The molecule has 1 aromatic heterocycles. The Labute approximate surface area is 177 Å². The number of carbonyl (C=O) groups excluding carboxylic acids is 1. The van der Waals surface area contributed by atoms with Gasteiger partial charge >= 0.3 is 0 Å². The second kappa shape index (κ2) is 8.83. The first-order chi connectivity index (χ1) is 14.3. The average molecular weight is 431 g/mol. The molecule has 0 fully saturated rings. The van der Waals surface area contributed by atoms with Crippen molar-refractivity contribution in [2.75, 3.05) is 12.4 Å². The number of methoxy groups -OCH3 is 1. The Morgan fingerprint density at radius 1 is 1.17 bits per heavy atom. The molecular formula is C20H19ClN4O5. The van der Waals surface area contributed by atoms with Gasteiger partial charge < -0.3 is 14.8 Å². The van der Waals surface area contributed by atoms with Gasteiger partial charge in [0.05, 0.1) is 40.2 Å². The Morgan fingerprint density at radius 2 is 1.83 bits per heavy atom. The van der Waals surface area contributed by atoms with E-state index in [9.17, 15) is 14.9 Å². The number of nitro groups is 1. The number of amides is 1. The lowest BCUT2D eigenvalue weighted by molar-refractivity contribution is -0.384. The highest BCUT2D eigenvalue weighted by Crippen LogP contribution is 2.30. The van der Waals surface area contributed by atoms with E-state index >= 15 is 0 Å². The molecule has 0 unspecified atom stereocenters. The van der Waals surface area contributed by atoms with Crippen LogP contribution in [0.5, 0.6) is 17.2 Å². The second-order valence-electron chi connectivity index (χ2n) is 6.44. The Bertz CT molecular complexity index is 1100. The molecule has 156 valence electrons. The van der Waals surface area contributed by atoms with E-state index in [-0.39, 0.29) is 23.7 Å². The Hall–Kier alpha value is -3.59. The van der Waals surface area contributed by atoms with Gasteiger partial charge in [0, 0.05) is 12.1 Å². The number of non-ortho nitro benzene ring substituents is 1. The zero-order chi connectivity index (χ0) is 21.8. The van der Waals surface area contributed by atoms with Crippen LogP contribution in [0.15, 0.2) is 42.5 Å². The van der Waals surface area contributed by atoms with Gasteiger partial charge in [0.2, 0.25) is 5.91 Å². The molecule has 3 aromatic rings. The molecule has 0 aliphatic rings. The number of carbonyl (C=O) groups is 1. The molecule has 30 heavy (non-hydrogen) atoms. The van der Waals surface area contributed by atoms with Crippen molar-refractivity contribution in [2.24, 2.45) is 0 Å². The van der Waals surface area contributed by atoms with Crippen molar-refractivity contribution >= 4 is 28.9 Å². The highest BCUT2D eigenvalue weighted by Gasteiger charge is 2.16. The number of hydrogen-bond donors (Lipinski definition) is 1. The number of hydrogen-bond acceptors (Lipinski definition) is 6. The maximum absolute atomic E-state index is 12.4. The van der Waals surface area contributed by atoms with Crippen LogP contribution >= 0.6 is 11.6 Å². The van der Waals surface area contributed by atoms with Gasteiger partial charge in [-0.15, -0.1) is 0 Å². The van der Waals surface area contributed by atoms with Crippen LogP contribution in [-0.2, 0) is 11.3 Å². The smallest absolute Gasteiger partial charge is 0.275 e. The van der Waals surface area contributed by atoms with Crippen LogP contribution in [0.3, 0.4) is 0 Å². The summed E-state index contributed by atoms with van der Waals surface area (Å²) in [5.41, 5.74) is 1.29. The number of halogens is 1. The minimum atomic E-state index is -0.558. The third kappa shape index (κ3) is 4.87. The maximum atomic E-state index is 12.4. The molecule has 0 aliphatic heterocycles. The monoisotopic (exact) mass is 430 g/mol. The van der Waals surface area contributed by atoms with E-state index in [1.807, 2.05) is 0 Å². The molecule has 0 spiro atoms. The molecule has 1 heterocycles. The lowest BCUT2D eigenvalue weighted by Gasteiger charge is -2.10. The zero-order valence-corrected chi connectivity index (χ0v) is 17.3. The summed E-state index contributed by atoms with van der Waals surface area (Å²) >= 11 is 6.10. The largest absolute Gasteiger partial charge is 0.497 e. The molecular weight excluding hydrogens is 412 g/mol. The van der Waals surface area contributed by atoms with Crippen molar-refractivity contribution in [3.8, 4) is 17.2 Å². The molecule has 3 rings (SSSR count). The average Bonchev–Trinajstić information content (AvgIpc) is 2.94. The van der Waals surface area contributed by atoms with Gasteiger partial charge in [-0.2, -0.15) is 5.10 Å². The molecule has 10 heteroatoms. The normalized spacial score (nSPS) is 10.5. The lowest BCUT2D eigenvalue weighted by Crippen LogP contribution is -2.20. The fraction of sp³-hybridized carbons (Fsp3) is 0.200. The number of aryl methyl sites for hydroxylation is 1. The Balaban J connectivity index is 1.80. The highest BCUT2D eigenvalue weighted by molar-refractivity contribution is 6.31. The molecule has 1 N–H and O–H groups in total. The fourth-order valence-electron chi connectivity index (χ4n) is 2.77. The van der Waals surface area contributed by atoms with E-state index in [0.717, 1.165) is 0 Å². The Morgan fingerprint density at radius 3 is 2.40 bits per heavy atom. The van der Waals surface area contributed by atoms with Crippen LogP contribution in [0.4, 0.5) is 11.4 Å². The summed E-state index contributed by atoms with van der Waals surface area (Å²) in [5.74, 6) is 0.913. The van der Waals surface area contributed by atoms with E-state index in [2.05, 4.69) is 10.4 Å². The van der Waals surface area contributed by atoms with E-state index in [4.69, 9.17) is 21.1 Å². The molecule has 0 bridgehead atoms. The zero-order valence-electron chi connectivity index (χ0n) is 16.5. The van der Waals surface area contributed by atoms with Crippen molar-refractivity contribution in [3.05, 3.63) is 69.0 Å². The molecule has 0 saturated heterocycles. The molecule has 2 aromatic carbocycles. The summed E-state index contributed by atoms with van der Waals surface area (Å²) in [6.07, 6.45) is 0. The summed E-state index contributed by atoms with van der Waals surface area (Å²) in [5, 5.41) is 18.6. The number of nitrogens with zero attached hydrogens (tertiary/aromatic N) is 3. The maximum Gasteiger partial charge on any atom is 0.275 e. The predicted octanol–water partition coefficient (Wildman–Crippen LogP) is 4.50. The van der Waals surface area contributed by atoms with Crippen LogP contribution in [0.25, 0.3) is 0 Å². The van der Waals surface area contributed by atoms with E-state index in [0.29, 0.717) is 27.9 Å². The fourth-order valence-corrected chi connectivity index (χ4v) is 2.90. The summed E-state index contributed by atoms with van der Waals surface area (Å²) in [6, 6.07) is 10.8. The van der Waals surface area contributed by atoms with Crippen LogP contribution in [0.1, 0.15) is 11.4 Å². The van der Waals surface area contributed by atoms with Crippen LogP contribution in [0, 0.1) is 24.0 Å². The van der Waals surface area contributed by atoms with Gasteiger partial charge in [-0.25, -0.2) is 0 Å². The van der Waals surface area contributed by atoms with Gasteiger partial charge in [-0.3, -0.25) is 19.6 Å². The van der Waals surface area contributed by atoms with Gasteiger partial charge in [-0.1, -0.05) is 11.6 Å². The number of rotatable bonds is 7. The minimum Gasteiger partial charge on any atom is -0.497 e. The van der Waals surface area contributed by atoms with Crippen molar-refractivity contribution in [3.63, 3.8) is 0 Å². The van der Waals surface area contributed by atoms with Gasteiger partial charge in [0.1, 0.15) is 23.8 Å². The van der Waals surface area contributed by atoms with Crippen molar-refractivity contribution in [1.82, 2.24) is 9.78 Å². The van der Waals surface area contributed by atoms with Gasteiger partial charge in [0.25, 0.3) is 5.69 Å². The first-order valence-electron chi connectivity index (χ1n) is 8.87. The highest BCUT2D eigenvalue weighted by atomic mass is 35.5. The summed E-state index contributed by atoms with van der Waals surface area (Å²) in [7, 11) is 1.55. The SMILES string of the molecule is COc1ccc(Oc2cc(NC(=O)Cn3nc(C)c(Cl)c3C)cc([N+](=O)[O-])c2)cc1. The molecule has 0 atom stereocenters. The predicted molar refractivity (Wildman–Crippen MR) is 112 cm³/mol.